The molecular formula is C18H25FN2O2. The van der Waals surface area contributed by atoms with Crippen molar-refractivity contribution in [1.82, 2.24) is 9.80 Å². The summed E-state index contributed by atoms with van der Waals surface area (Å²) in [5.74, 6) is -0.294. The third-order valence-corrected chi connectivity index (χ3v) is 4.69. The number of hydrogen-bond acceptors (Lipinski definition) is 3. The Hall–Kier alpha value is -1.46. The van der Waals surface area contributed by atoms with Gasteiger partial charge in [-0.25, -0.2) is 4.39 Å². The van der Waals surface area contributed by atoms with E-state index in [9.17, 15) is 9.18 Å². The van der Waals surface area contributed by atoms with Gasteiger partial charge >= 0.3 is 0 Å². The highest BCUT2D eigenvalue weighted by atomic mass is 19.1. The fourth-order valence-electron chi connectivity index (χ4n) is 3.78. The highest BCUT2D eigenvalue weighted by Gasteiger charge is 2.32. The lowest BCUT2D eigenvalue weighted by Gasteiger charge is -2.38. The normalized spacial score (nSPS) is 29.0. The van der Waals surface area contributed by atoms with Gasteiger partial charge in [-0.2, -0.15) is 0 Å². The van der Waals surface area contributed by atoms with E-state index in [4.69, 9.17) is 4.74 Å². The predicted molar refractivity (Wildman–Crippen MR) is 86.9 cm³/mol. The second-order valence-corrected chi connectivity index (χ2v) is 6.78. The molecule has 2 saturated heterocycles. The van der Waals surface area contributed by atoms with Gasteiger partial charge in [0.25, 0.3) is 5.91 Å². The molecule has 0 saturated carbocycles. The smallest absolute Gasteiger partial charge is 0.254 e. The van der Waals surface area contributed by atoms with Crippen molar-refractivity contribution in [1.29, 1.82) is 0 Å². The lowest BCUT2D eigenvalue weighted by atomic mass is 10.1. The number of hydrogen-bond donors (Lipinski definition) is 0. The Morgan fingerprint density at radius 3 is 2.52 bits per heavy atom. The van der Waals surface area contributed by atoms with E-state index < -0.39 is 0 Å². The fraction of sp³-hybridized carbons (Fsp3) is 0.611. The van der Waals surface area contributed by atoms with E-state index in [0.29, 0.717) is 5.56 Å². The largest absolute Gasteiger partial charge is 0.373 e. The number of benzene rings is 1. The molecule has 0 aliphatic carbocycles. The average Bonchev–Trinajstić information content (AvgIpc) is 2.94. The summed E-state index contributed by atoms with van der Waals surface area (Å²) in [6.07, 6.45) is 2.54. The van der Waals surface area contributed by atoms with Crippen LogP contribution in [0.3, 0.4) is 0 Å². The van der Waals surface area contributed by atoms with Gasteiger partial charge in [0.2, 0.25) is 0 Å². The van der Waals surface area contributed by atoms with Crippen LogP contribution in [-0.4, -0.2) is 60.1 Å². The molecule has 2 heterocycles. The van der Waals surface area contributed by atoms with Gasteiger partial charge < -0.3 is 9.64 Å². The molecular weight excluding hydrogens is 295 g/mol. The first-order valence-electron chi connectivity index (χ1n) is 8.47. The minimum atomic E-state index is -0.309. The van der Waals surface area contributed by atoms with E-state index in [1.54, 1.807) is 12.1 Å². The molecule has 1 aromatic carbocycles. The minimum absolute atomic E-state index is 0.0156. The summed E-state index contributed by atoms with van der Waals surface area (Å²) in [7, 11) is 0. The molecule has 0 aromatic heterocycles. The molecule has 5 heteroatoms. The Bertz CT molecular complexity index is 538. The molecule has 1 aromatic rings. The number of rotatable bonds is 3. The molecule has 3 unspecified atom stereocenters. The van der Waals surface area contributed by atoms with Crippen LogP contribution >= 0.6 is 0 Å². The summed E-state index contributed by atoms with van der Waals surface area (Å²) >= 11 is 0. The van der Waals surface area contributed by atoms with E-state index in [1.807, 2.05) is 4.90 Å². The third kappa shape index (κ3) is 3.90. The van der Waals surface area contributed by atoms with Crippen LogP contribution in [0.5, 0.6) is 0 Å². The zero-order chi connectivity index (χ0) is 16.4. The van der Waals surface area contributed by atoms with Crippen LogP contribution in [0.1, 0.15) is 37.0 Å². The summed E-state index contributed by atoms with van der Waals surface area (Å²) in [4.78, 5) is 17.1. The summed E-state index contributed by atoms with van der Waals surface area (Å²) < 4.78 is 18.8. The Kier molecular flexibility index (Phi) is 4.97. The molecule has 23 heavy (non-hydrogen) atoms. The number of carbonyl (C=O) groups is 1. The first-order valence-corrected chi connectivity index (χ1v) is 8.47. The fourth-order valence-corrected chi connectivity index (χ4v) is 3.78. The average molecular weight is 320 g/mol. The van der Waals surface area contributed by atoms with E-state index in [0.717, 1.165) is 39.0 Å². The first kappa shape index (κ1) is 16.4. The molecule has 3 rings (SSSR count). The van der Waals surface area contributed by atoms with Gasteiger partial charge in [0.1, 0.15) is 5.82 Å². The number of likely N-dealkylation sites (tertiary alicyclic amines) is 1. The van der Waals surface area contributed by atoms with E-state index in [1.165, 1.54) is 12.1 Å². The van der Waals surface area contributed by atoms with Gasteiger partial charge in [-0.05, 0) is 51.0 Å². The number of carbonyl (C=O) groups excluding carboxylic acids is 1. The van der Waals surface area contributed by atoms with Gasteiger partial charge in [0.05, 0.1) is 12.2 Å². The van der Waals surface area contributed by atoms with Crippen LogP contribution in [0.2, 0.25) is 0 Å². The van der Waals surface area contributed by atoms with Gasteiger partial charge in [-0.3, -0.25) is 9.69 Å². The lowest BCUT2D eigenvalue weighted by Crippen LogP contribution is -2.50. The summed E-state index contributed by atoms with van der Waals surface area (Å²) in [6, 6.07) is 6.09. The van der Waals surface area contributed by atoms with Gasteiger partial charge in [-0.1, -0.05) is 0 Å². The number of halogens is 1. The number of nitrogens with zero attached hydrogens (tertiary/aromatic N) is 2. The Morgan fingerprint density at radius 1 is 1.22 bits per heavy atom. The van der Waals surface area contributed by atoms with Crippen LogP contribution in [-0.2, 0) is 4.74 Å². The summed E-state index contributed by atoms with van der Waals surface area (Å²) in [5.41, 5.74) is 0.571. The zero-order valence-corrected chi connectivity index (χ0v) is 13.9. The number of morpholine rings is 1. The van der Waals surface area contributed by atoms with Gasteiger partial charge in [0, 0.05) is 37.8 Å². The van der Waals surface area contributed by atoms with Crippen molar-refractivity contribution in [3.63, 3.8) is 0 Å². The van der Waals surface area contributed by atoms with Gasteiger partial charge in [-0.15, -0.1) is 0 Å². The topological polar surface area (TPSA) is 32.8 Å². The van der Waals surface area contributed by atoms with Gasteiger partial charge in [0.15, 0.2) is 0 Å². The molecule has 2 aliphatic rings. The Labute approximate surface area is 137 Å². The highest BCUT2D eigenvalue weighted by Crippen LogP contribution is 2.22. The van der Waals surface area contributed by atoms with Crippen molar-refractivity contribution in [3.8, 4) is 0 Å². The SMILES string of the molecule is CC1CN(CC2CCCN2C(=O)c2ccc(F)cc2)CC(C)O1. The van der Waals surface area contributed by atoms with Crippen molar-refractivity contribution in [2.24, 2.45) is 0 Å². The van der Waals surface area contributed by atoms with E-state index in [-0.39, 0.29) is 30.0 Å². The van der Waals surface area contributed by atoms with Crippen LogP contribution in [0.15, 0.2) is 24.3 Å². The van der Waals surface area contributed by atoms with Crippen LogP contribution in [0.4, 0.5) is 4.39 Å². The summed E-state index contributed by atoms with van der Waals surface area (Å²) in [5, 5.41) is 0. The van der Waals surface area contributed by atoms with E-state index in [2.05, 4.69) is 18.7 Å². The van der Waals surface area contributed by atoms with Crippen LogP contribution in [0.25, 0.3) is 0 Å². The van der Waals surface area contributed by atoms with Crippen molar-refractivity contribution in [3.05, 3.63) is 35.6 Å². The van der Waals surface area contributed by atoms with Crippen molar-refractivity contribution < 1.29 is 13.9 Å². The lowest BCUT2D eigenvalue weighted by molar-refractivity contribution is -0.0715. The minimum Gasteiger partial charge on any atom is -0.373 e. The van der Waals surface area contributed by atoms with Crippen LogP contribution in [0, 0.1) is 5.82 Å². The first-order chi connectivity index (χ1) is 11.0. The second kappa shape index (κ2) is 6.97. The molecule has 2 aliphatic heterocycles. The maximum Gasteiger partial charge on any atom is 0.254 e. The molecule has 2 fully saturated rings. The number of ether oxygens (including phenoxy) is 1. The molecule has 4 nitrogen and oxygen atoms in total. The molecule has 0 N–H and O–H groups in total. The maximum absolute atomic E-state index is 13.0. The molecule has 0 radical (unpaired) electrons. The quantitative estimate of drug-likeness (QED) is 0.858. The van der Waals surface area contributed by atoms with Crippen molar-refractivity contribution >= 4 is 5.91 Å². The molecule has 126 valence electrons. The van der Waals surface area contributed by atoms with Crippen molar-refractivity contribution in [2.45, 2.75) is 44.9 Å². The summed E-state index contributed by atoms with van der Waals surface area (Å²) in [6.45, 7) is 7.71. The Balaban J connectivity index is 1.65. The van der Waals surface area contributed by atoms with Crippen LogP contribution < -0.4 is 0 Å². The molecule has 0 bridgehead atoms. The maximum atomic E-state index is 13.0. The Morgan fingerprint density at radius 2 is 1.87 bits per heavy atom. The second-order valence-electron chi connectivity index (χ2n) is 6.78. The molecule has 3 atom stereocenters. The standard InChI is InChI=1S/C18H25FN2O2/c1-13-10-20(11-14(2)23-13)12-17-4-3-9-21(17)18(22)15-5-7-16(19)8-6-15/h5-8,13-14,17H,3-4,9-12H2,1-2H3. The highest BCUT2D eigenvalue weighted by molar-refractivity contribution is 5.94. The third-order valence-electron chi connectivity index (χ3n) is 4.69. The molecule has 0 spiro atoms. The predicted octanol–water partition coefficient (Wildman–Crippen LogP) is 2.54. The van der Waals surface area contributed by atoms with Crippen molar-refractivity contribution in [2.75, 3.05) is 26.2 Å². The zero-order valence-electron chi connectivity index (χ0n) is 13.9. The molecule has 1 amide bonds. The monoisotopic (exact) mass is 320 g/mol. The van der Waals surface area contributed by atoms with E-state index >= 15 is 0 Å². The number of amides is 1.